The average Bonchev–Trinajstić information content (AvgIpc) is 3.33. The summed E-state index contributed by atoms with van der Waals surface area (Å²) in [6.07, 6.45) is 5.08. The smallest absolute Gasteiger partial charge is 0.253 e. The maximum absolute atomic E-state index is 12.3. The molecule has 1 aromatic heterocycles. The van der Waals surface area contributed by atoms with Crippen molar-refractivity contribution in [3.8, 4) is 0 Å². The van der Waals surface area contributed by atoms with E-state index in [0.29, 0.717) is 29.3 Å². The Kier molecular flexibility index (Phi) is 4.90. The Labute approximate surface area is 134 Å². The Morgan fingerprint density at radius 3 is 3.09 bits per heavy atom. The lowest BCUT2D eigenvalue weighted by Crippen LogP contribution is -2.25. The molecule has 0 spiro atoms. The molecule has 4 nitrogen and oxygen atoms in total. The van der Waals surface area contributed by atoms with Crippen LogP contribution in [0.25, 0.3) is 10.9 Å². The number of hydrogen-bond donors (Lipinski definition) is 1. The molecule has 0 aliphatic heterocycles. The fraction of sp³-hybridized carbons (Fsp3) is 0.412. The van der Waals surface area contributed by atoms with Crippen LogP contribution in [0.1, 0.15) is 29.6 Å². The second-order valence-electron chi connectivity index (χ2n) is 5.66. The van der Waals surface area contributed by atoms with Gasteiger partial charge in [-0.05, 0) is 43.4 Å². The molecular formula is C17H19ClN2O2. The van der Waals surface area contributed by atoms with Crippen LogP contribution in [0.2, 0.25) is 5.02 Å². The molecular weight excluding hydrogens is 300 g/mol. The molecule has 0 unspecified atom stereocenters. The van der Waals surface area contributed by atoms with Crippen molar-refractivity contribution in [3.63, 3.8) is 0 Å². The average molecular weight is 319 g/mol. The van der Waals surface area contributed by atoms with Crippen LogP contribution < -0.4 is 5.32 Å². The lowest BCUT2D eigenvalue weighted by Gasteiger charge is -2.08. The van der Waals surface area contributed by atoms with Gasteiger partial charge in [0, 0.05) is 36.4 Å². The number of carbonyl (C=O) groups is 1. The predicted molar refractivity (Wildman–Crippen MR) is 87.2 cm³/mol. The first kappa shape index (κ1) is 15.3. The number of fused-ring (bicyclic) bond motifs is 1. The largest absolute Gasteiger partial charge is 0.381 e. The van der Waals surface area contributed by atoms with E-state index in [1.165, 1.54) is 12.8 Å². The van der Waals surface area contributed by atoms with E-state index in [9.17, 15) is 4.79 Å². The third-order valence-corrected chi connectivity index (χ3v) is 3.93. The fourth-order valence-electron chi connectivity index (χ4n) is 2.33. The fourth-order valence-corrected chi connectivity index (χ4v) is 2.56. The Bertz CT molecular complexity index is 671. The van der Waals surface area contributed by atoms with Crippen LogP contribution in [0.15, 0.2) is 30.5 Å². The van der Waals surface area contributed by atoms with Crippen molar-refractivity contribution in [2.24, 2.45) is 5.92 Å². The quantitative estimate of drug-likeness (QED) is 0.796. The van der Waals surface area contributed by atoms with E-state index < -0.39 is 0 Å². The highest BCUT2D eigenvalue weighted by Gasteiger charge is 2.20. The van der Waals surface area contributed by atoms with Crippen molar-refractivity contribution in [2.45, 2.75) is 19.3 Å². The Hall–Kier alpha value is -1.65. The maximum Gasteiger partial charge on any atom is 0.253 e. The predicted octanol–water partition coefficient (Wildman–Crippen LogP) is 3.43. The molecule has 116 valence electrons. The molecule has 1 N–H and O–H groups in total. The number of rotatable bonds is 7. The van der Waals surface area contributed by atoms with E-state index in [4.69, 9.17) is 16.3 Å². The molecule has 0 atom stereocenters. The topological polar surface area (TPSA) is 51.2 Å². The van der Waals surface area contributed by atoms with Crippen LogP contribution in [-0.2, 0) is 4.74 Å². The molecule has 5 heteroatoms. The van der Waals surface area contributed by atoms with Crippen LogP contribution in [0, 0.1) is 5.92 Å². The summed E-state index contributed by atoms with van der Waals surface area (Å²) in [5, 5.41) is 4.31. The zero-order valence-corrected chi connectivity index (χ0v) is 13.1. The van der Waals surface area contributed by atoms with Crippen molar-refractivity contribution in [3.05, 3.63) is 41.0 Å². The molecule has 1 fully saturated rings. The highest BCUT2D eigenvalue weighted by Crippen LogP contribution is 2.28. The lowest BCUT2D eigenvalue weighted by atomic mass is 10.1. The van der Waals surface area contributed by atoms with Gasteiger partial charge in [-0.3, -0.25) is 9.78 Å². The number of nitrogens with zero attached hydrogens (tertiary/aromatic N) is 1. The molecule has 0 saturated heterocycles. The first-order valence-electron chi connectivity index (χ1n) is 7.64. The third kappa shape index (κ3) is 3.96. The van der Waals surface area contributed by atoms with Gasteiger partial charge >= 0.3 is 0 Å². The summed E-state index contributed by atoms with van der Waals surface area (Å²) in [6.45, 7) is 2.13. The van der Waals surface area contributed by atoms with Crippen molar-refractivity contribution in [1.82, 2.24) is 10.3 Å². The van der Waals surface area contributed by atoms with Crippen LogP contribution in [-0.4, -0.2) is 30.6 Å². The molecule has 1 heterocycles. The highest BCUT2D eigenvalue weighted by molar-refractivity contribution is 6.32. The summed E-state index contributed by atoms with van der Waals surface area (Å²) < 4.78 is 5.55. The minimum Gasteiger partial charge on any atom is -0.381 e. The van der Waals surface area contributed by atoms with Crippen LogP contribution >= 0.6 is 11.6 Å². The second kappa shape index (κ2) is 7.07. The van der Waals surface area contributed by atoms with Crippen molar-refractivity contribution < 1.29 is 9.53 Å². The number of hydrogen-bond acceptors (Lipinski definition) is 3. The van der Waals surface area contributed by atoms with Crippen molar-refractivity contribution in [2.75, 3.05) is 19.8 Å². The number of nitrogens with one attached hydrogen (secondary N) is 1. The van der Waals surface area contributed by atoms with Gasteiger partial charge in [-0.1, -0.05) is 17.7 Å². The molecule has 1 amide bonds. The van der Waals surface area contributed by atoms with Gasteiger partial charge in [-0.15, -0.1) is 0 Å². The van der Waals surface area contributed by atoms with E-state index in [2.05, 4.69) is 10.3 Å². The van der Waals surface area contributed by atoms with E-state index >= 15 is 0 Å². The lowest BCUT2D eigenvalue weighted by molar-refractivity contribution is 0.0939. The van der Waals surface area contributed by atoms with Crippen molar-refractivity contribution >= 4 is 28.4 Å². The molecule has 1 saturated carbocycles. The van der Waals surface area contributed by atoms with Gasteiger partial charge in [0.1, 0.15) is 0 Å². The zero-order valence-electron chi connectivity index (χ0n) is 12.3. The number of amides is 1. The first-order chi connectivity index (χ1) is 10.7. The summed E-state index contributed by atoms with van der Waals surface area (Å²) in [5.74, 6) is 0.631. The minimum absolute atomic E-state index is 0.145. The SMILES string of the molecule is O=C(NCCCOCC1CC1)c1cc(Cl)cc2cccnc12. The first-order valence-corrected chi connectivity index (χ1v) is 8.02. The summed E-state index contributed by atoms with van der Waals surface area (Å²) in [7, 11) is 0. The van der Waals surface area contributed by atoms with E-state index in [1.807, 2.05) is 18.2 Å². The van der Waals surface area contributed by atoms with Gasteiger partial charge < -0.3 is 10.1 Å². The normalized spacial score (nSPS) is 14.2. The van der Waals surface area contributed by atoms with Gasteiger partial charge in [-0.25, -0.2) is 0 Å². The molecule has 0 radical (unpaired) electrons. The van der Waals surface area contributed by atoms with E-state index in [1.54, 1.807) is 12.3 Å². The van der Waals surface area contributed by atoms with Gasteiger partial charge in [0.2, 0.25) is 0 Å². The van der Waals surface area contributed by atoms with Gasteiger partial charge in [0.05, 0.1) is 11.1 Å². The number of ether oxygens (including phenoxy) is 1. The second-order valence-corrected chi connectivity index (χ2v) is 6.09. The number of carbonyl (C=O) groups excluding carboxylic acids is 1. The Morgan fingerprint density at radius 1 is 1.41 bits per heavy atom. The van der Waals surface area contributed by atoms with Gasteiger partial charge in [0.15, 0.2) is 0 Å². The van der Waals surface area contributed by atoms with E-state index in [0.717, 1.165) is 24.3 Å². The van der Waals surface area contributed by atoms with Gasteiger partial charge in [-0.2, -0.15) is 0 Å². The summed E-state index contributed by atoms with van der Waals surface area (Å²) >= 11 is 6.08. The summed E-state index contributed by atoms with van der Waals surface area (Å²) in [4.78, 5) is 16.6. The standard InChI is InChI=1S/C17H19ClN2O2/c18-14-9-13-3-1-6-19-16(13)15(10-14)17(21)20-7-2-8-22-11-12-4-5-12/h1,3,6,9-10,12H,2,4-5,7-8,11H2,(H,20,21). The van der Waals surface area contributed by atoms with Crippen molar-refractivity contribution in [1.29, 1.82) is 0 Å². The third-order valence-electron chi connectivity index (χ3n) is 3.72. The molecule has 0 bridgehead atoms. The monoisotopic (exact) mass is 318 g/mol. The number of aromatic nitrogens is 1. The van der Waals surface area contributed by atoms with Crippen LogP contribution in [0.3, 0.4) is 0 Å². The Morgan fingerprint density at radius 2 is 2.27 bits per heavy atom. The summed E-state index contributed by atoms with van der Waals surface area (Å²) in [6, 6.07) is 7.20. The Balaban J connectivity index is 1.55. The maximum atomic E-state index is 12.3. The zero-order chi connectivity index (χ0) is 15.4. The summed E-state index contributed by atoms with van der Waals surface area (Å²) in [5.41, 5.74) is 1.19. The number of halogens is 1. The molecule has 1 aliphatic carbocycles. The molecule has 3 rings (SSSR count). The number of pyridine rings is 1. The highest BCUT2D eigenvalue weighted by atomic mass is 35.5. The van der Waals surface area contributed by atoms with E-state index in [-0.39, 0.29) is 5.91 Å². The molecule has 2 aromatic rings. The van der Waals surface area contributed by atoms with Crippen LogP contribution in [0.5, 0.6) is 0 Å². The van der Waals surface area contributed by atoms with Gasteiger partial charge in [0.25, 0.3) is 5.91 Å². The molecule has 22 heavy (non-hydrogen) atoms. The molecule has 1 aromatic carbocycles. The molecule has 1 aliphatic rings. The number of benzene rings is 1. The minimum atomic E-state index is -0.145. The van der Waals surface area contributed by atoms with Crippen LogP contribution in [0.4, 0.5) is 0 Å².